The Kier molecular flexibility index (Phi) is 37.7. The van der Waals surface area contributed by atoms with Crippen LogP contribution in [0.4, 0.5) is 0 Å². The second-order valence-corrected chi connectivity index (χ2v) is 14.5. The summed E-state index contributed by atoms with van der Waals surface area (Å²) in [7, 11) is 0. The number of hydrogen-bond donors (Lipinski definition) is 1. The molecule has 0 aliphatic carbocycles. The lowest BCUT2D eigenvalue weighted by Gasteiger charge is -2.23. The van der Waals surface area contributed by atoms with Crippen LogP contribution in [0.25, 0.3) is 0 Å². The standard InChI is InChI=1S/C42H84N2O4/c1-4-7-10-13-15-16-17-23-31-40-48-42(47)33-26-24-28-35-43(38-39-45)34-27-21-18-19-25-32-41(46)44(36-29-20-12-9-6-3)37-30-22-14-11-8-5-2/h45H,4-40H2,1-3H3. The number of carbonyl (C=O) groups is 2. The number of amides is 1. The molecule has 6 nitrogen and oxygen atoms in total. The molecule has 286 valence electrons. The van der Waals surface area contributed by atoms with E-state index in [4.69, 9.17) is 4.74 Å². The van der Waals surface area contributed by atoms with Gasteiger partial charge in [0.15, 0.2) is 0 Å². The third-order valence-electron chi connectivity index (χ3n) is 9.81. The smallest absolute Gasteiger partial charge is 0.305 e. The average molecular weight is 681 g/mol. The Hall–Kier alpha value is -1.14. The number of rotatable bonds is 39. The Morgan fingerprint density at radius 1 is 0.438 bits per heavy atom. The van der Waals surface area contributed by atoms with Crippen molar-refractivity contribution in [2.45, 2.75) is 213 Å². The predicted octanol–water partition coefficient (Wildman–Crippen LogP) is 11.4. The van der Waals surface area contributed by atoms with Crippen LogP contribution in [-0.2, 0) is 14.3 Å². The monoisotopic (exact) mass is 681 g/mol. The number of nitrogens with zero attached hydrogens (tertiary/aromatic N) is 2. The van der Waals surface area contributed by atoms with Gasteiger partial charge < -0.3 is 19.6 Å². The zero-order valence-electron chi connectivity index (χ0n) is 32.7. The highest BCUT2D eigenvalue weighted by Crippen LogP contribution is 2.13. The van der Waals surface area contributed by atoms with Crippen molar-refractivity contribution in [3.63, 3.8) is 0 Å². The van der Waals surface area contributed by atoms with E-state index >= 15 is 0 Å². The molecular weight excluding hydrogens is 596 g/mol. The zero-order chi connectivity index (χ0) is 35.2. The molecule has 0 aromatic rings. The lowest BCUT2D eigenvalue weighted by molar-refractivity contribution is -0.144. The van der Waals surface area contributed by atoms with Crippen LogP contribution < -0.4 is 0 Å². The molecule has 1 amide bonds. The molecule has 0 fully saturated rings. The Bertz CT molecular complexity index is 674. The molecule has 0 aliphatic heterocycles. The molecule has 0 aromatic carbocycles. The Morgan fingerprint density at radius 2 is 0.812 bits per heavy atom. The van der Waals surface area contributed by atoms with E-state index in [0.717, 1.165) is 90.5 Å². The van der Waals surface area contributed by atoms with Crippen LogP contribution in [0.1, 0.15) is 213 Å². The predicted molar refractivity (Wildman–Crippen MR) is 207 cm³/mol. The normalized spacial score (nSPS) is 11.4. The molecule has 0 aromatic heterocycles. The van der Waals surface area contributed by atoms with Gasteiger partial charge in [-0.15, -0.1) is 0 Å². The van der Waals surface area contributed by atoms with E-state index < -0.39 is 0 Å². The molecule has 0 spiro atoms. The van der Waals surface area contributed by atoms with Crippen LogP contribution in [0.5, 0.6) is 0 Å². The van der Waals surface area contributed by atoms with E-state index in [9.17, 15) is 14.7 Å². The highest BCUT2D eigenvalue weighted by atomic mass is 16.5. The third-order valence-corrected chi connectivity index (χ3v) is 9.81. The van der Waals surface area contributed by atoms with Crippen molar-refractivity contribution in [2.75, 3.05) is 45.9 Å². The summed E-state index contributed by atoms with van der Waals surface area (Å²) in [6, 6.07) is 0. The van der Waals surface area contributed by atoms with Gasteiger partial charge in [-0.25, -0.2) is 0 Å². The quantitative estimate of drug-likeness (QED) is 0.0517. The van der Waals surface area contributed by atoms with Gasteiger partial charge in [0.1, 0.15) is 0 Å². The largest absolute Gasteiger partial charge is 0.466 e. The SMILES string of the molecule is CCCCCCCCCCCOC(=O)CCCCCN(CCO)CCCCCCCC(=O)N(CCCCCCC)CCCCCCCC. The summed E-state index contributed by atoms with van der Waals surface area (Å²) in [5.41, 5.74) is 0. The Morgan fingerprint density at radius 3 is 1.29 bits per heavy atom. The number of hydrogen-bond acceptors (Lipinski definition) is 5. The van der Waals surface area contributed by atoms with Gasteiger partial charge in [-0.05, 0) is 58.0 Å². The fourth-order valence-corrected chi connectivity index (χ4v) is 6.58. The summed E-state index contributed by atoms with van der Waals surface area (Å²) in [6.45, 7) is 12.2. The molecule has 0 aliphatic rings. The van der Waals surface area contributed by atoms with Crippen LogP contribution >= 0.6 is 0 Å². The van der Waals surface area contributed by atoms with Gasteiger partial charge in [-0.3, -0.25) is 9.59 Å². The van der Waals surface area contributed by atoms with Crippen LogP contribution in [0.2, 0.25) is 0 Å². The molecule has 0 unspecified atom stereocenters. The van der Waals surface area contributed by atoms with Gasteiger partial charge in [0, 0.05) is 32.5 Å². The average Bonchev–Trinajstić information content (AvgIpc) is 3.08. The third kappa shape index (κ3) is 33.4. The second-order valence-electron chi connectivity index (χ2n) is 14.5. The van der Waals surface area contributed by atoms with E-state index in [-0.39, 0.29) is 12.6 Å². The minimum Gasteiger partial charge on any atom is -0.466 e. The lowest BCUT2D eigenvalue weighted by atomic mass is 10.1. The van der Waals surface area contributed by atoms with Crippen molar-refractivity contribution in [1.82, 2.24) is 9.80 Å². The summed E-state index contributed by atoms with van der Waals surface area (Å²) in [6.07, 6.45) is 35.2. The molecule has 0 atom stereocenters. The lowest BCUT2D eigenvalue weighted by Crippen LogP contribution is -2.32. The number of aliphatic hydroxyl groups excluding tert-OH is 1. The zero-order valence-corrected chi connectivity index (χ0v) is 32.7. The molecule has 48 heavy (non-hydrogen) atoms. The van der Waals surface area contributed by atoms with Gasteiger partial charge in [-0.2, -0.15) is 0 Å². The summed E-state index contributed by atoms with van der Waals surface area (Å²) in [4.78, 5) is 29.7. The maximum atomic E-state index is 13.1. The topological polar surface area (TPSA) is 70.1 Å². The first-order chi connectivity index (χ1) is 23.6. The van der Waals surface area contributed by atoms with Gasteiger partial charge in [-0.1, -0.05) is 156 Å². The molecule has 6 heteroatoms. The van der Waals surface area contributed by atoms with Gasteiger partial charge in [0.2, 0.25) is 5.91 Å². The number of aliphatic hydroxyl groups is 1. The summed E-state index contributed by atoms with van der Waals surface area (Å²) in [5, 5.41) is 9.53. The van der Waals surface area contributed by atoms with E-state index in [0.29, 0.717) is 25.4 Å². The van der Waals surface area contributed by atoms with Crippen molar-refractivity contribution in [1.29, 1.82) is 0 Å². The van der Waals surface area contributed by atoms with Crippen LogP contribution in [0.15, 0.2) is 0 Å². The van der Waals surface area contributed by atoms with E-state index in [2.05, 4.69) is 30.6 Å². The number of unbranched alkanes of at least 4 members (excludes halogenated alkanes) is 23. The van der Waals surface area contributed by atoms with Gasteiger partial charge >= 0.3 is 5.97 Å². The summed E-state index contributed by atoms with van der Waals surface area (Å²) in [5.74, 6) is 0.330. The van der Waals surface area contributed by atoms with Crippen LogP contribution in [-0.4, -0.2) is 72.7 Å². The number of carbonyl (C=O) groups excluding carboxylic acids is 2. The van der Waals surface area contributed by atoms with Crippen molar-refractivity contribution in [2.24, 2.45) is 0 Å². The van der Waals surface area contributed by atoms with Crippen LogP contribution in [0.3, 0.4) is 0 Å². The Balaban J connectivity index is 3.96. The number of esters is 1. The van der Waals surface area contributed by atoms with Gasteiger partial charge in [0.05, 0.1) is 13.2 Å². The maximum absolute atomic E-state index is 13.1. The van der Waals surface area contributed by atoms with E-state index in [1.165, 1.54) is 122 Å². The molecular formula is C42H84N2O4. The molecule has 0 saturated heterocycles. The van der Waals surface area contributed by atoms with Crippen molar-refractivity contribution in [3.8, 4) is 0 Å². The maximum Gasteiger partial charge on any atom is 0.305 e. The highest BCUT2D eigenvalue weighted by Gasteiger charge is 2.13. The highest BCUT2D eigenvalue weighted by molar-refractivity contribution is 5.76. The van der Waals surface area contributed by atoms with Crippen molar-refractivity contribution in [3.05, 3.63) is 0 Å². The van der Waals surface area contributed by atoms with E-state index in [1.54, 1.807) is 0 Å². The van der Waals surface area contributed by atoms with Crippen molar-refractivity contribution < 1.29 is 19.4 Å². The van der Waals surface area contributed by atoms with E-state index in [1.807, 2.05) is 0 Å². The minimum absolute atomic E-state index is 0.0450. The molecule has 0 bridgehead atoms. The fraction of sp³-hybridized carbons (Fsp3) is 0.952. The molecule has 1 N–H and O–H groups in total. The molecule has 0 radical (unpaired) electrons. The molecule has 0 saturated carbocycles. The van der Waals surface area contributed by atoms with Crippen molar-refractivity contribution >= 4 is 11.9 Å². The summed E-state index contributed by atoms with van der Waals surface area (Å²) >= 11 is 0. The van der Waals surface area contributed by atoms with Gasteiger partial charge in [0.25, 0.3) is 0 Å². The first-order valence-electron chi connectivity index (χ1n) is 21.4. The first kappa shape index (κ1) is 46.9. The number of ether oxygens (including phenoxy) is 1. The minimum atomic E-state index is -0.0450. The molecule has 0 rings (SSSR count). The summed E-state index contributed by atoms with van der Waals surface area (Å²) < 4.78 is 5.44. The fourth-order valence-electron chi connectivity index (χ4n) is 6.58. The Labute approximate surface area is 299 Å². The second kappa shape index (κ2) is 38.7. The van der Waals surface area contributed by atoms with Crippen LogP contribution in [0, 0.1) is 0 Å². The molecule has 0 heterocycles. The first-order valence-corrected chi connectivity index (χ1v) is 21.4.